The molecule has 0 bridgehead atoms. The Balaban J connectivity index is 1.54. The Morgan fingerprint density at radius 2 is 1.84 bits per heavy atom. The number of hydrogen-bond acceptors (Lipinski definition) is 5. The van der Waals surface area contributed by atoms with Gasteiger partial charge in [0.1, 0.15) is 17.3 Å². The Morgan fingerprint density at radius 1 is 1.09 bits per heavy atom. The molecule has 0 spiro atoms. The molecule has 0 saturated heterocycles. The minimum atomic E-state index is -3.68. The standard InChI is InChI=1S/C23H19F3N2O4/c1-22(2,15-6-8-17-18(11-15)32-23(25,26)31-17)12-27-19-9-7-16(24)20(28-19)13-4-3-5-14(10-13)21(29)30/h3-11H,12H2,1-2H3,(H,27,28)(H,29,30). The number of nitrogens with one attached hydrogen (secondary N) is 1. The van der Waals surface area contributed by atoms with E-state index in [1.54, 1.807) is 12.1 Å². The summed E-state index contributed by atoms with van der Waals surface area (Å²) in [4.78, 5) is 15.5. The number of nitrogens with zero attached hydrogens (tertiary/aromatic N) is 1. The average molecular weight is 444 g/mol. The molecule has 2 aromatic carbocycles. The third-order valence-corrected chi connectivity index (χ3v) is 5.12. The minimum absolute atomic E-state index is 0.0150. The van der Waals surface area contributed by atoms with Crippen LogP contribution in [0.15, 0.2) is 54.6 Å². The zero-order valence-corrected chi connectivity index (χ0v) is 17.2. The molecule has 0 fully saturated rings. The molecule has 0 amide bonds. The van der Waals surface area contributed by atoms with E-state index in [0.29, 0.717) is 17.9 Å². The second-order valence-electron chi connectivity index (χ2n) is 7.98. The Hall–Kier alpha value is -3.75. The van der Waals surface area contributed by atoms with E-state index in [1.165, 1.54) is 42.5 Å². The van der Waals surface area contributed by atoms with Gasteiger partial charge in [0.15, 0.2) is 11.5 Å². The lowest BCUT2D eigenvalue weighted by Gasteiger charge is -2.26. The second kappa shape index (κ2) is 7.74. The molecule has 32 heavy (non-hydrogen) atoms. The van der Waals surface area contributed by atoms with Crippen molar-refractivity contribution >= 4 is 11.8 Å². The largest absolute Gasteiger partial charge is 0.586 e. The Bertz CT molecular complexity index is 1200. The van der Waals surface area contributed by atoms with E-state index in [0.717, 1.165) is 5.56 Å². The number of halogens is 3. The van der Waals surface area contributed by atoms with Gasteiger partial charge in [0.25, 0.3) is 0 Å². The fraction of sp³-hybridized carbons (Fsp3) is 0.217. The van der Waals surface area contributed by atoms with Crippen molar-refractivity contribution in [3.63, 3.8) is 0 Å². The predicted octanol–water partition coefficient (Wildman–Crippen LogP) is 5.30. The molecule has 2 N–H and O–H groups in total. The topological polar surface area (TPSA) is 80.7 Å². The summed E-state index contributed by atoms with van der Waals surface area (Å²) in [7, 11) is 0. The molecular weight excluding hydrogens is 425 g/mol. The molecule has 0 aliphatic carbocycles. The first-order valence-corrected chi connectivity index (χ1v) is 9.69. The SMILES string of the molecule is CC(C)(CNc1ccc(F)c(-c2cccc(C(=O)O)c2)n1)c1ccc2c(c1)OC(F)(F)O2. The highest BCUT2D eigenvalue weighted by molar-refractivity contribution is 5.89. The zero-order chi connectivity index (χ0) is 23.1. The van der Waals surface area contributed by atoms with Gasteiger partial charge in [0.05, 0.1) is 5.56 Å². The van der Waals surface area contributed by atoms with Crippen LogP contribution in [0.3, 0.4) is 0 Å². The number of carboxylic acid groups (broad SMARTS) is 1. The third-order valence-electron chi connectivity index (χ3n) is 5.12. The van der Waals surface area contributed by atoms with Crippen molar-refractivity contribution in [2.24, 2.45) is 0 Å². The lowest BCUT2D eigenvalue weighted by Crippen LogP contribution is -2.28. The molecule has 2 heterocycles. The first kappa shape index (κ1) is 21.5. The van der Waals surface area contributed by atoms with Crippen molar-refractivity contribution in [2.75, 3.05) is 11.9 Å². The number of carboxylic acids is 1. The quantitative estimate of drug-likeness (QED) is 0.537. The summed E-state index contributed by atoms with van der Waals surface area (Å²) in [6.45, 7) is 4.14. The number of carbonyl (C=O) groups is 1. The van der Waals surface area contributed by atoms with Crippen LogP contribution >= 0.6 is 0 Å². The van der Waals surface area contributed by atoms with Crippen LogP contribution in [0.25, 0.3) is 11.3 Å². The van der Waals surface area contributed by atoms with Gasteiger partial charge in [-0.05, 0) is 42.0 Å². The molecule has 0 unspecified atom stereocenters. The van der Waals surface area contributed by atoms with Crippen molar-refractivity contribution in [1.29, 1.82) is 0 Å². The molecule has 1 aromatic heterocycles. The van der Waals surface area contributed by atoms with Gasteiger partial charge in [-0.3, -0.25) is 0 Å². The molecule has 3 aromatic rings. The molecule has 0 saturated carbocycles. The number of aromatic carboxylic acids is 1. The smallest absolute Gasteiger partial charge is 0.478 e. The van der Waals surface area contributed by atoms with E-state index in [2.05, 4.69) is 19.8 Å². The Labute approximate surface area is 181 Å². The van der Waals surface area contributed by atoms with Gasteiger partial charge >= 0.3 is 12.3 Å². The van der Waals surface area contributed by atoms with E-state index in [9.17, 15) is 18.0 Å². The van der Waals surface area contributed by atoms with Gasteiger partial charge in [-0.15, -0.1) is 8.78 Å². The summed E-state index contributed by atoms with van der Waals surface area (Å²) in [5, 5.41) is 12.3. The van der Waals surface area contributed by atoms with Gasteiger partial charge in [-0.2, -0.15) is 0 Å². The molecule has 0 radical (unpaired) electrons. The Kier molecular flexibility index (Phi) is 5.20. The van der Waals surface area contributed by atoms with E-state index in [-0.39, 0.29) is 22.8 Å². The number of fused-ring (bicyclic) bond motifs is 1. The van der Waals surface area contributed by atoms with Gasteiger partial charge in [-0.1, -0.05) is 32.0 Å². The molecule has 166 valence electrons. The molecule has 6 nitrogen and oxygen atoms in total. The highest BCUT2D eigenvalue weighted by Gasteiger charge is 2.43. The fourth-order valence-corrected chi connectivity index (χ4v) is 3.33. The molecule has 4 rings (SSSR count). The maximum atomic E-state index is 14.4. The van der Waals surface area contributed by atoms with Crippen LogP contribution in [-0.4, -0.2) is 28.9 Å². The van der Waals surface area contributed by atoms with Crippen LogP contribution in [-0.2, 0) is 5.41 Å². The van der Waals surface area contributed by atoms with Crippen molar-refractivity contribution in [3.05, 3.63) is 71.5 Å². The number of anilines is 1. The van der Waals surface area contributed by atoms with Crippen LogP contribution in [0.1, 0.15) is 29.8 Å². The van der Waals surface area contributed by atoms with Crippen molar-refractivity contribution < 1.29 is 32.5 Å². The van der Waals surface area contributed by atoms with Crippen LogP contribution in [0, 0.1) is 5.82 Å². The number of ether oxygens (including phenoxy) is 2. The second-order valence-corrected chi connectivity index (χ2v) is 7.98. The van der Waals surface area contributed by atoms with Crippen LogP contribution in [0.5, 0.6) is 11.5 Å². The van der Waals surface area contributed by atoms with E-state index in [4.69, 9.17) is 5.11 Å². The summed E-state index contributed by atoms with van der Waals surface area (Å²) in [6, 6.07) is 13.2. The summed E-state index contributed by atoms with van der Waals surface area (Å²) in [5.74, 6) is -1.40. The number of alkyl halides is 2. The minimum Gasteiger partial charge on any atom is -0.478 e. The number of hydrogen-bond donors (Lipinski definition) is 2. The summed E-state index contributed by atoms with van der Waals surface area (Å²) in [5.41, 5.74) is 0.566. The Morgan fingerprint density at radius 3 is 2.59 bits per heavy atom. The maximum absolute atomic E-state index is 14.4. The first-order chi connectivity index (χ1) is 15.0. The van der Waals surface area contributed by atoms with Crippen LogP contribution in [0.2, 0.25) is 0 Å². The van der Waals surface area contributed by atoms with E-state index < -0.39 is 23.5 Å². The first-order valence-electron chi connectivity index (χ1n) is 9.69. The lowest BCUT2D eigenvalue weighted by molar-refractivity contribution is -0.286. The molecule has 9 heteroatoms. The highest BCUT2D eigenvalue weighted by atomic mass is 19.3. The number of benzene rings is 2. The summed E-state index contributed by atoms with van der Waals surface area (Å²) >= 11 is 0. The number of pyridine rings is 1. The molecule has 1 aliphatic rings. The summed E-state index contributed by atoms with van der Waals surface area (Å²) < 4.78 is 49.9. The van der Waals surface area contributed by atoms with Gasteiger partial charge in [0, 0.05) is 17.5 Å². The highest BCUT2D eigenvalue weighted by Crippen LogP contribution is 2.43. The van der Waals surface area contributed by atoms with Crippen molar-refractivity contribution in [2.45, 2.75) is 25.6 Å². The fourth-order valence-electron chi connectivity index (χ4n) is 3.33. The number of aromatic nitrogens is 1. The lowest BCUT2D eigenvalue weighted by atomic mass is 9.84. The molecule has 1 aliphatic heterocycles. The van der Waals surface area contributed by atoms with Crippen molar-refractivity contribution in [1.82, 2.24) is 4.98 Å². The molecule has 0 atom stereocenters. The normalized spacial score (nSPS) is 14.3. The van der Waals surface area contributed by atoms with E-state index >= 15 is 0 Å². The van der Waals surface area contributed by atoms with E-state index in [1.807, 2.05) is 13.8 Å². The average Bonchev–Trinajstić information content (AvgIpc) is 3.06. The van der Waals surface area contributed by atoms with Crippen molar-refractivity contribution in [3.8, 4) is 22.8 Å². The van der Waals surface area contributed by atoms with Gasteiger partial charge < -0.3 is 19.9 Å². The van der Waals surface area contributed by atoms with Crippen LogP contribution < -0.4 is 14.8 Å². The molecular formula is C23H19F3N2O4. The zero-order valence-electron chi connectivity index (χ0n) is 17.2. The third kappa shape index (κ3) is 4.32. The predicted molar refractivity (Wildman–Crippen MR) is 111 cm³/mol. The monoisotopic (exact) mass is 444 g/mol. The summed E-state index contributed by atoms with van der Waals surface area (Å²) in [6.07, 6.45) is -3.68. The van der Waals surface area contributed by atoms with Crippen LogP contribution in [0.4, 0.5) is 19.0 Å². The maximum Gasteiger partial charge on any atom is 0.586 e. The number of rotatable bonds is 6. The van der Waals surface area contributed by atoms with Gasteiger partial charge in [-0.25, -0.2) is 14.2 Å². The van der Waals surface area contributed by atoms with Gasteiger partial charge in [0.2, 0.25) is 0 Å².